The Bertz CT molecular complexity index is 1250. The van der Waals surface area contributed by atoms with E-state index in [1.54, 1.807) is 14.2 Å². The Morgan fingerprint density at radius 2 is 2.03 bits per heavy atom. The zero-order chi connectivity index (χ0) is 22.7. The van der Waals surface area contributed by atoms with Crippen molar-refractivity contribution in [1.82, 2.24) is 19.8 Å². The largest absolute Gasteiger partial charge is 0.497 e. The maximum absolute atomic E-state index is 12.3. The van der Waals surface area contributed by atoms with Crippen molar-refractivity contribution in [2.24, 2.45) is 17.3 Å². The van der Waals surface area contributed by atoms with E-state index >= 15 is 0 Å². The number of hydrogen-bond donors (Lipinski definition) is 0. The molecular weight excluding hydrogens is 408 g/mol. The third-order valence-corrected chi connectivity index (χ3v) is 5.56. The molecule has 3 aromatic rings. The second-order valence-electron chi connectivity index (χ2n) is 7.58. The lowest BCUT2D eigenvalue weighted by atomic mass is 10.1. The third kappa shape index (κ3) is 4.18. The molecule has 0 atom stereocenters. The fourth-order valence-electron chi connectivity index (χ4n) is 3.69. The Balaban J connectivity index is 1.56. The summed E-state index contributed by atoms with van der Waals surface area (Å²) in [6, 6.07) is 11.7. The van der Waals surface area contributed by atoms with Gasteiger partial charge in [0.15, 0.2) is 0 Å². The molecule has 32 heavy (non-hydrogen) atoms. The Kier molecular flexibility index (Phi) is 6.16. The minimum absolute atomic E-state index is 0.246. The molecule has 1 heterocycles. The number of aryl methyl sites for hydroxylation is 3. The molecule has 0 amide bonds. The second kappa shape index (κ2) is 9.17. The number of benzene rings is 2. The van der Waals surface area contributed by atoms with E-state index in [0.717, 1.165) is 41.0 Å². The van der Waals surface area contributed by atoms with Gasteiger partial charge in [0.05, 0.1) is 18.5 Å². The van der Waals surface area contributed by atoms with E-state index in [1.807, 2.05) is 50.2 Å². The molecule has 0 saturated carbocycles. The number of hydrogen-bond acceptors (Lipinski definition) is 7. The smallest absolute Gasteiger partial charge is 0.368 e. The van der Waals surface area contributed by atoms with E-state index in [0.29, 0.717) is 18.0 Å². The first-order valence-electron chi connectivity index (χ1n) is 10.5. The lowest BCUT2D eigenvalue weighted by molar-refractivity contribution is 0.282. The summed E-state index contributed by atoms with van der Waals surface area (Å²) in [6.07, 6.45) is 2.35. The van der Waals surface area contributed by atoms with Gasteiger partial charge in [0, 0.05) is 24.6 Å². The van der Waals surface area contributed by atoms with E-state index in [-0.39, 0.29) is 12.3 Å². The summed E-state index contributed by atoms with van der Waals surface area (Å²) in [4.78, 5) is 12.3. The monoisotopic (exact) mass is 434 g/mol. The number of nitrogens with zero attached hydrogens (tertiary/aromatic N) is 6. The van der Waals surface area contributed by atoms with Crippen LogP contribution in [0.15, 0.2) is 51.4 Å². The van der Waals surface area contributed by atoms with Gasteiger partial charge in [0.1, 0.15) is 12.4 Å². The summed E-state index contributed by atoms with van der Waals surface area (Å²) in [5, 5.41) is 16.6. The molecule has 0 spiro atoms. The summed E-state index contributed by atoms with van der Waals surface area (Å²) < 4.78 is 13.8. The van der Waals surface area contributed by atoms with Crippen LogP contribution in [0.3, 0.4) is 0 Å². The first kappa shape index (κ1) is 21.5. The topological polar surface area (TPSA) is 95.9 Å². The van der Waals surface area contributed by atoms with Gasteiger partial charge in [-0.05, 0) is 65.6 Å². The Hall–Kier alpha value is -3.75. The lowest BCUT2D eigenvalue weighted by Crippen LogP contribution is -2.23. The second-order valence-corrected chi connectivity index (χ2v) is 7.58. The number of methoxy groups -OCH3 is 1. The van der Waals surface area contributed by atoms with Gasteiger partial charge >= 0.3 is 5.69 Å². The van der Waals surface area contributed by atoms with Crippen molar-refractivity contribution in [2.75, 3.05) is 7.11 Å². The van der Waals surface area contributed by atoms with Crippen LogP contribution in [0, 0.1) is 6.92 Å². The van der Waals surface area contributed by atoms with Gasteiger partial charge in [-0.15, -0.1) is 5.10 Å². The molecule has 9 nitrogen and oxygen atoms in total. The van der Waals surface area contributed by atoms with Crippen LogP contribution < -0.4 is 10.4 Å². The molecule has 0 radical (unpaired) electrons. The highest BCUT2D eigenvalue weighted by Gasteiger charge is 2.19. The van der Waals surface area contributed by atoms with Crippen LogP contribution in [0.25, 0.3) is 5.69 Å². The van der Waals surface area contributed by atoms with E-state index in [4.69, 9.17) is 9.47 Å². The van der Waals surface area contributed by atoms with E-state index in [2.05, 4.69) is 20.6 Å². The quantitative estimate of drug-likeness (QED) is 0.338. The fourth-order valence-corrected chi connectivity index (χ4v) is 3.69. The molecule has 166 valence electrons. The SMILES string of the molecule is CC/C(=N\N=C1CCc2cc(OC)ccc21)OCc1c(C)cccc1-n1nnn(C)c1=O. The van der Waals surface area contributed by atoms with Crippen molar-refractivity contribution >= 4 is 11.6 Å². The van der Waals surface area contributed by atoms with E-state index in [1.165, 1.54) is 14.9 Å². The third-order valence-electron chi connectivity index (χ3n) is 5.56. The summed E-state index contributed by atoms with van der Waals surface area (Å²) in [7, 11) is 3.23. The maximum Gasteiger partial charge on any atom is 0.368 e. The van der Waals surface area contributed by atoms with Gasteiger partial charge in [0.25, 0.3) is 0 Å². The van der Waals surface area contributed by atoms with Crippen LogP contribution in [-0.2, 0) is 24.8 Å². The average Bonchev–Trinajstić information content (AvgIpc) is 3.37. The number of aromatic nitrogens is 4. The maximum atomic E-state index is 12.3. The average molecular weight is 435 g/mol. The number of rotatable bonds is 6. The molecule has 9 heteroatoms. The zero-order valence-electron chi connectivity index (χ0n) is 18.7. The van der Waals surface area contributed by atoms with Gasteiger partial charge < -0.3 is 9.47 Å². The Morgan fingerprint density at radius 1 is 1.19 bits per heavy atom. The van der Waals surface area contributed by atoms with Crippen molar-refractivity contribution in [3.05, 3.63) is 69.1 Å². The molecule has 4 rings (SSSR count). The fraction of sp³-hybridized carbons (Fsp3) is 0.348. The molecule has 0 N–H and O–H groups in total. The summed E-state index contributed by atoms with van der Waals surface area (Å²) in [5.74, 6) is 1.38. The van der Waals surface area contributed by atoms with Gasteiger partial charge in [-0.1, -0.05) is 19.1 Å². The molecule has 1 aliphatic rings. The molecule has 2 aromatic carbocycles. The molecule has 1 aromatic heterocycles. The number of fused-ring (bicyclic) bond motifs is 1. The van der Waals surface area contributed by atoms with Crippen LogP contribution in [0.4, 0.5) is 0 Å². The van der Waals surface area contributed by atoms with Gasteiger partial charge in [-0.3, -0.25) is 0 Å². The molecule has 0 aliphatic heterocycles. The van der Waals surface area contributed by atoms with Crippen LogP contribution in [0.1, 0.15) is 42.0 Å². The number of tetrazole rings is 1. The zero-order valence-corrected chi connectivity index (χ0v) is 18.7. The molecule has 1 aliphatic carbocycles. The standard InChI is InChI=1S/C23H26N6O3/c1-5-22(25-24-20-12-9-16-13-17(31-4)10-11-18(16)20)32-14-19-15(2)7-6-8-21(19)29-23(30)28(3)26-27-29/h6-8,10-11,13H,5,9,12,14H2,1-4H3/b24-20?,25-22+. The molecule has 0 unspecified atom stereocenters. The highest BCUT2D eigenvalue weighted by molar-refractivity contribution is 6.04. The molecule has 0 fully saturated rings. The normalized spacial score (nSPS) is 14.6. The highest BCUT2D eigenvalue weighted by atomic mass is 16.5. The molecule has 0 bridgehead atoms. The van der Waals surface area contributed by atoms with Gasteiger partial charge in [0.2, 0.25) is 5.90 Å². The first-order chi connectivity index (χ1) is 15.5. The molecular formula is C23H26N6O3. The predicted molar refractivity (Wildman–Crippen MR) is 122 cm³/mol. The minimum Gasteiger partial charge on any atom is -0.497 e. The number of ether oxygens (including phenoxy) is 2. The van der Waals surface area contributed by atoms with Crippen molar-refractivity contribution in [3.63, 3.8) is 0 Å². The van der Waals surface area contributed by atoms with Crippen molar-refractivity contribution in [2.45, 2.75) is 39.7 Å². The van der Waals surface area contributed by atoms with Crippen molar-refractivity contribution < 1.29 is 9.47 Å². The van der Waals surface area contributed by atoms with Crippen LogP contribution >= 0.6 is 0 Å². The molecule has 0 saturated heterocycles. The lowest BCUT2D eigenvalue weighted by Gasteiger charge is -2.13. The Labute approximate surface area is 186 Å². The minimum atomic E-state index is -0.316. The first-order valence-corrected chi connectivity index (χ1v) is 10.5. The van der Waals surface area contributed by atoms with Crippen LogP contribution in [0.2, 0.25) is 0 Å². The summed E-state index contributed by atoms with van der Waals surface area (Å²) in [5.41, 5.74) is 5.43. The summed E-state index contributed by atoms with van der Waals surface area (Å²) in [6.45, 7) is 4.19. The van der Waals surface area contributed by atoms with Crippen LogP contribution in [-0.4, -0.2) is 38.5 Å². The van der Waals surface area contributed by atoms with Crippen molar-refractivity contribution in [3.8, 4) is 11.4 Å². The van der Waals surface area contributed by atoms with E-state index < -0.39 is 0 Å². The van der Waals surface area contributed by atoms with Gasteiger partial charge in [-0.25, -0.2) is 4.79 Å². The predicted octanol–water partition coefficient (Wildman–Crippen LogP) is 2.96. The summed E-state index contributed by atoms with van der Waals surface area (Å²) >= 11 is 0. The van der Waals surface area contributed by atoms with Crippen molar-refractivity contribution in [1.29, 1.82) is 0 Å². The van der Waals surface area contributed by atoms with Gasteiger partial charge in [-0.2, -0.15) is 14.5 Å². The Morgan fingerprint density at radius 3 is 2.75 bits per heavy atom. The highest BCUT2D eigenvalue weighted by Crippen LogP contribution is 2.27. The van der Waals surface area contributed by atoms with Crippen LogP contribution in [0.5, 0.6) is 5.75 Å². The van der Waals surface area contributed by atoms with E-state index in [9.17, 15) is 4.79 Å².